The quantitative estimate of drug-likeness (QED) is 0.808. The van der Waals surface area contributed by atoms with Crippen LogP contribution >= 0.6 is 0 Å². The van der Waals surface area contributed by atoms with Gasteiger partial charge in [0.25, 0.3) is 5.91 Å². The summed E-state index contributed by atoms with van der Waals surface area (Å²) in [6.07, 6.45) is 3.41. The monoisotopic (exact) mass is 330 g/mol. The van der Waals surface area contributed by atoms with E-state index in [9.17, 15) is 4.79 Å². The van der Waals surface area contributed by atoms with Crippen molar-refractivity contribution in [2.75, 3.05) is 6.61 Å². The minimum absolute atomic E-state index is 0.00159. The first-order chi connectivity index (χ1) is 11.5. The minimum atomic E-state index is -0.137. The van der Waals surface area contributed by atoms with Crippen molar-refractivity contribution in [2.24, 2.45) is 5.92 Å². The van der Waals surface area contributed by atoms with Crippen molar-refractivity contribution in [1.29, 1.82) is 0 Å². The van der Waals surface area contributed by atoms with Gasteiger partial charge in [0.2, 0.25) is 0 Å². The lowest BCUT2D eigenvalue weighted by atomic mass is 10.0. The van der Waals surface area contributed by atoms with Crippen LogP contribution < -0.4 is 10.1 Å². The number of aromatic nitrogens is 3. The fourth-order valence-corrected chi connectivity index (χ4v) is 2.30. The van der Waals surface area contributed by atoms with Crippen molar-refractivity contribution in [3.8, 4) is 5.75 Å². The van der Waals surface area contributed by atoms with E-state index in [1.165, 1.54) is 5.56 Å². The molecule has 2 aromatic rings. The highest BCUT2D eigenvalue weighted by Crippen LogP contribution is 2.18. The Labute approximate surface area is 143 Å². The predicted octanol–water partition coefficient (Wildman–Crippen LogP) is 2.62. The molecule has 0 aliphatic heterocycles. The first kappa shape index (κ1) is 18.0. The summed E-state index contributed by atoms with van der Waals surface area (Å²) in [6.45, 7) is 9.00. The molecule has 0 aliphatic carbocycles. The molecule has 24 heavy (non-hydrogen) atoms. The van der Waals surface area contributed by atoms with Crippen LogP contribution in [0, 0.1) is 5.92 Å². The molecular formula is C18H26N4O2. The highest BCUT2D eigenvalue weighted by molar-refractivity contribution is 5.77. The summed E-state index contributed by atoms with van der Waals surface area (Å²) < 4.78 is 7.29. The smallest absolute Gasteiger partial charge is 0.258 e. The van der Waals surface area contributed by atoms with Gasteiger partial charge < -0.3 is 10.1 Å². The number of benzene rings is 1. The van der Waals surface area contributed by atoms with Gasteiger partial charge in [0, 0.05) is 6.20 Å². The second-order valence-corrected chi connectivity index (χ2v) is 6.56. The number of amides is 1. The Morgan fingerprint density at radius 2 is 1.92 bits per heavy atom. The average molecular weight is 330 g/mol. The molecule has 1 amide bonds. The number of hydrogen-bond donors (Lipinski definition) is 1. The largest absolute Gasteiger partial charge is 0.484 e. The third-order valence-corrected chi connectivity index (χ3v) is 3.92. The highest BCUT2D eigenvalue weighted by atomic mass is 16.5. The molecule has 6 heteroatoms. The fourth-order valence-electron chi connectivity index (χ4n) is 2.30. The van der Waals surface area contributed by atoms with Gasteiger partial charge in [-0.25, -0.2) is 0 Å². The Hall–Kier alpha value is -2.37. The molecule has 1 aromatic carbocycles. The molecule has 0 fully saturated rings. The number of hydrogen-bond acceptors (Lipinski definition) is 4. The van der Waals surface area contributed by atoms with Gasteiger partial charge in [0.05, 0.1) is 18.8 Å². The van der Waals surface area contributed by atoms with Crippen molar-refractivity contribution in [3.05, 3.63) is 42.2 Å². The van der Waals surface area contributed by atoms with Crippen LogP contribution in [-0.2, 0) is 11.3 Å². The van der Waals surface area contributed by atoms with Crippen molar-refractivity contribution in [1.82, 2.24) is 20.3 Å². The summed E-state index contributed by atoms with van der Waals surface area (Å²) in [5.41, 5.74) is 1.25. The van der Waals surface area contributed by atoms with E-state index >= 15 is 0 Å². The molecule has 0 saturated carbocycles. The second kappa shape index (κ2) is 8.47. The number of rotatable bonds is 8. The van der Waals surface area contributed by atoms with Gasteiger partial charge in [-0.2, -0.15) is 0 Å². The molecule has 0 saturated heterocycles. The third-order valence-electron chi connectivity index (χ3n) is 3.92. The van der Waals surface area contributed by atoms with E-state index < -0.39 is 0 Å². The molecule has 6 nitrogen and oxygen atoms in total. The van der Waals surface area contributed by atoms with Gasteiger partial charge in [-0.3, -0.25) is 9.48 Å². The summed E-state index contributed by atoms with van der Waals surface area (Å²) in [7, 11) is 0. The van der Waals surface area contributed by atoms with Gasteiger partial charge in [-0.05, 0) is 29.5 Å². The maximum absolute atomic E-state index is 12.2. The van der Waals surface area contributed by atoms with Crippen LogP contribution in [0.3, 0.4) is 0 Å². The SMILES string of the molecule is CC(C)c1ccc(OCC(=O)N[C@@H](Cn2ccnn2)C(C)C)cc1. The van der Waals surface area contributed by atoms with E-state index in [-0.39, 0.29) is 24.5 Å². The van der Waals surface area contributed by atoms with Crippen LogP contribution in [0.5, 0.6) is 5.75 Å². The molecule has 0 bridgehead atoms. The number of carbonyl (C=O) groups excluding carboxylic acids is 1. The molecule has 0 spiro atoms. The second-order valence-electron chi connectivity index (χ2n) is 6.56. The van der Waals surface area contributed by atoms with E-state index in [0.29, 0.717) is 18.2 Å². The average Bonchev–Trinajstić information content (AvgIpc) is 3.05. The van der Waals surface area contributed by atoms with Gasteiger partial charge in [0.15, 0.2) is 6.61 Å². The number of ether oxygens (including phenoxy) is 1. The van der Waals surface area contributed by atoms with E-state index in [2.05, 4.69) is 43.3 Å². The zero-order valence-electron chi connectivity index (χ0n) is 14.8. The molecular weight excluding hydrogens is 304 g/mol. The van der Waals surface area contributed by atoms with E-state index in [4.69, 9.17) is 4.74 Å². The van der Waals surface area contributed by atoms with Gasteiger partial charge in [-0.15, -0.1) is 5.10 Å². The molecule has 130 valence electrons. The number of carbonyl (C=O) groups is 1. The Kier molecular flexibility index (Phi) is 6.35. The summed E-state index contributed by atoms with van der Waals surface area (Å²) in [6, 6.07) is 7.83. The van der Waals surface area contributed by atoms with Gasteiger partial charge in [-0.1, -0.05) is 45.0 Å². The first-order valence-corrected chi connectivity index (χ1v) is 8.32. The van der Waals surface area contributed by atoms with Crippen molar-refractivity contribution >= 4 is 5.91 Å². The third kappa shape index (κ3) is 5.37. The van der Waals surface area contributed by atoms with E-state index in [0.717, 1.165) is 0 Å². The fraction of sp³-hybridized carbons (Fsp3) is 0.500. The minimum Gasteiger partial charge on any atom is -0.484 e. The zero-order valence-corrected chi connectivity index (χ0v) is 14.8. The maximum atomic E-state index is 12.2. The Morgan fingerprint density at radius 1 is 1.21 bits per heavy atom. The molecule has 1 N–H and O–H groups in total. The molecule has 1 heterocycles. The van der Waals surface area contributed by atoms with Crippen LogP contribution in [0.25, 0.3) is 0 Å². The van der Waals surface area contributed by atoms with Crippen LogP contribution in [0.2, 0.25) is 0 Å². The summed E-state index contributed by atoms with van der Waals surface area (Å²) >= 11 is 0. The summed E-state index contributed by atoms with van der Waals surface area (Å²) in [5.74, 6) is 1.32. The van der Waals surface area contributed by atoms with E-state index in [1.807, 2.05) is 24.3 Å². The molecule has 2 rings (SSSR count). The lowest BCUT2D eigenvalue weighted by Crippen LogP contribution is -2.43. The Bertz CT molecular complexity index is 621. The van der Waals surface area contributed by atoms with Crippen LogP contribution in [-0.4, -0.2) is 33.5 Å². The molecule has 0 radical (unpaired) electrons. The molecule has 0 unspecified atom stereocenters. The van der Waals surface area contributed by atoms with Gasteiger partial charge in [0.1, 0.15) is 5.75 Å². The van der Waals surface area contributed by atoms with Crippen LogP contribution in [0.1, 0.15) is 39.2 Å². The maximum Gasteiger partial charge on any atom is 0.258 e. The lowest BCUT2D eigenvalue weighted by Gasteiger charge is -2.22. The predicted molar refractivity (Wildman–Crippen MR) is 92.8 cm³/mol. The topological polar surface area (TPSA) is 69.0 Å². The zero-order chi connectivity index (χ0) is 17.5. The van der Waals surface area contributed by atoms with Crippen LogP contribution in [0.4, 0.5) is 0 Å². The molecule has 1 aromatic heterocycles. The summed E-state index contributed by atoms with van der Waals surface area (Å²) in [4.78, 5) is 12.2. The standard InChI is InChI=1S/C18H26N4O2/c1-13(2)15-5-7-16(8-6-15)24-12-18(23)20-17(14(3)4)11-22-10-9-19-21-22/h5-10,13-14,17H,11-12H2,1-4H3,(H,20,23)/t17-/m0/s1. The molecule has 0 aliphatic rings. The lowest BCUT2D eigenvalue weighted by molar-refractivity contribution is -0.124. The van der Waals surface area contributed by atoms with Crippen molar-refractivity contribution in [3.63, 3.8) is 0 Å². The van der Waals surface area contributed by atoms with Crippen molar-refractivity contribution < 1.29 is 9.53 Å². The Morgan fingerprint density at radius 3 is 2.46 bits per heavy atom. The number of nitrogens with zero attached hydrogens (tertiary/aromatic N) is 3. The van der Waals surface area contributed by atoms with Gasteiger partial charge >= 0.3 is 0 Å². The van der Waals surface area contributed by atoms with E-state index in [1.54, 1.807) is 17.1 Å². The highest BCUT2D eigenvalue weighted by Gasteiger charge is 2.17. The molecule has 1 atom stereocenters. The Balaban J connectivity index is 1.84. The normalized spacial score (nSPS) is 12.4. The van der Waals surface area contributed by atoms with Crippen LogP contribution in [0.15, 0.2) is 36.7 Å². The first-order valence-electron chi connectivity index (χ1n) is 8.32. The number of nitrogens with one attached hydrogen (secondary N) is 1. The van der Waals surface area contributed by atoms with Crippen molar-refractivity contribution in [2.45, 2.75) is 46.2 Å². The summed E-state index contributed by atoms with van der Waals surface area (Å²) in [5, 5.41) is 10.7.